The number of nitrogens with zero attached hydrogens (tertiary/aromatic N) is 2. The second-order valence-corrected chi connectivity index (χ2v) is 13.6. The Bertz CT molecular complexity index is 2380. The molecule has 0 saturated carbocycles. The molecule has 3 heterocycles. The van der Waals surface area contributed by atoms with Gasteiger partial charge in [0.05, 0.1) is 22.2 Å². The maximum Gasteiger partial charge on any atom is 0.142 e. The summed E-state index contributed by atoms with van der Waals surface area (Å²) >= 11 is 0. The SMILES string of the molecule is CCc1ccc2c(c1)N1c3ncccc3C3(c4ccccc4-c4ccccc43)c3cccc(c31)C21C2=C(C=CCC2)c2ccccc21. The van der Waals surface area contributed by atoms with Gasteiger partial charge in [-0.1, -0.05) is 128 Å². The van der Waals surface area contributed by atoms with Gasteiger partial charge in [0.25, 0.3) is 0 Å². The third-order valence-corrected chi connectivity index (χ3v) is 11.8. The van der Waals surface area contributed by atoms with Crippen LogP contribution in [0.25, 0.3) is 16.7 Å². The summed E-state index contributed by atoms with van der Waals surface area (Å²) in [6, 6.07) is 46.3. The minimum atomic E-state index is -0.485. The molecule has 0 radical (unpaired) electrons. The smallest absolute Gasteiger partial charge is 0.142 e. The molecule has 2 nitrogen and oxygen atoms in total. The largest absolute Gasteiger partial charge is 0.294 e. The molecule has 222 valence electrons. The molecule has 0 saturated heterocycles. The van der Waals surface area contributed by atoms with Crippen molar-refractivity contribution in [2.45, 2.75) is 37.0 Å². The number of aromatic nitrogens is 1. The molecule has 6 aromatic rings. The van der Waals surface area contributed by atoms with E-state index in [1.54, 1.807) is 0 Å². The molecule has 1 unspecified atom stereocenters. The molecule has 5 aliphatic rings. The number of para-hydroxylation sites is 1. The van der Waals surface area contributed by atoms with Crippen LogP contribution in [0.2, 0.25) is 0 Å². The number of fused-ring (bicyclic) bond motifs is 17. The molecular formula is C45H32N2. The lowest BCUT2D eigenvalue weighted by Crippen LogP contribution is -2.43. The van der Waals surface area contributed by atoms with Crippen LogP contribution in [0.1, 0.15) is 69.8 Å². The van der Waals surface area contributed by atoms with E-state index in [2.05, 4.69) is 145 Å². The van der Waals surface area contributed by atoms with E-state index in [9.17, 15) is 0 Å². The molecule has 1 atom stereocenters. The summed E-state index contributed by atoms with van der Waals surface area (Å²) in [4.78, 5) is 7.84. The Morgan fingerprint density at radius 1 is 0.617 bits per heavy atom. The van der Waals surface area contributed by atoms with Gasteiger partial charge in [0.15, 0.2) is 0 Å². The standard InChI is InChI=1S/C45H32N2/c1-2-28-24-25-37-41(27-28)47-42-38(44(37)33-17-7-3-13-29(33)30-14-4-8-18-34(30)44)21-11-22-39(42)45(40-23-12-26-46-43(40)47)35-19-9-5-15-31(35)32-16-6-10-20-36(32)45/h3-7,9-17,19-27H,2,8,18H2,1H3. The van der Waals surface area contributed by atoms with E-state index in [4.69, 9.17) is 4.98 Å². The average Bonchev–Trinajstić information content (AvgIpc) is 3.60. The zero-order valence-electron chi connectivity index (χ0n) is 26.3. The van der Waals surface area contributed by atoms with Gasteiger partial charge < -0.3 is 0 Å². The molecule has 2 heteroatoms. The van der Waals surface area contributed by atoms with Gasteiger partial charge in [-0.25, -0.2) is 4.98 Å². The molecule has 0 fully saturated rings. The van der Waals surface area contributed by atoms with E-state index >= 15 is 0 Å². The normalized spacial score (nSPS) is 19.6. The van der Waals surface area contributed by atoms with Crippen LogP contribution in [-0.4, -0.2) is 4.98 Å². The van der Waals surface area contributed by atoms with Crippen LogP contribution in [0.15, 0.2) is 145 Å². The Morgan fingerprint density at radius 3 is 2.00 bits per heavy atom. The molecule has 11 rings (SSSR count). The molecule has 0 amide bonds. The number of rotatable bonds is 1. The predicted octanol–water partition coefficient (Wildman–Crippen LogP) is 10.6. The van der Waals surface area contributed by atoms with Gasteiger partial charge in [0, 0.05) is 11.8 Å². The van der Waals surface area contributed by atoms with Crippen molar-refractivity contribution in [3.8, 4) is 11.1 Å². The van der Waals surface area contributed by atoms with Crippen molar-refractivity contribution in [2.24, 2.45) is 0 Å². The lowest BCUT2D eigenvalue weighted by atomic mass is 9.58. The van der Waals surface area contributed by atoms with E-state index in [-0.39, 0.29) is 5.41 Å². The zero-order valence-corrected chi connectivity index (χ0v) is 26.3. The maximum absolute atomic E-state index is 5.31. The first kappa shape index (κ1) is 25.7. The Kier molecular flexibility index (Phi) is 4.85. The highest BCUT2D eigenvalue weighted by Crippen LogP contribution is 2.70. The first-order chi connectivity index (χ1) is 23.3. The van der Waals surface area contributed by atoms with E-state index in [0.717, 1.165) is 25.1 Å². The number of pyridine rings is 1. The van der Waals surface area contributed by atoms with Crippen LogP contribution in [0.3, 0.4) is 0 Å². The highest BCUT2D eigenvalue weighted by molar-refractivity contribution is 6.02. The van der Waals surface area contributed by atoms with Gasteiger partial charge in [-0.15, -0.1) is 0 Å². The van der Waals surface area contributed by atoms with Crippen LogP contribution in [-0.2, 0) is 17.3 Å². The third-order valence-electron chi connectivity index (χ3n) is 11.8. The van der Waals surface area contributed by atoms with Crippen LogP contribution >= 0.6 is 0 Å². The van der Waals surface area contributed by atoms with Crippen molar-refractivity contribution >= 4 is 22.8 Å². The quantitative estimate of drug-likeness (QED) is 0.186. The van der Waals surface area contributed by atoms with Gasteiger partial charge in [-0.3, -0.25) is 4.90 Å². The van der Waals surface area contributed by atoms with Crippen molar-refractivity contribution in [1.29, 1.82) is 0 Å². The number of hydrogen-bond acceptors (Lipinski definition) is 2. The first-order valence-corrected chi connectivity index (χ1v) is 17.0. The molecule has 2 aliphatic heterocycles. The van der Waals surface area contributed by atoms with Crippen LogP contribution in [0.5, 0.6) is 0 Å². The number of aryl methyl sites for hydroxylation is 1. The van der Waals surface area contributed by atoms with Gasteiger partial charge >= 0.3 is 0 Å². The number of hydrogen-bond donors (Lipinski definition) is 0. The van der Waals surface area contributed by atoms with Crippen LogP contribution in [0, 0.1) is 0 Å². The summed E-state index contributed by atoms with van der Waals surface area (Å²) in [5.41, 5.74) is 19.4. The third kappa shape index (κ3) is 2.80. The minimum absolute atomic E-state index is 0.384. The molecule has 0 N–H and O–H groups in total. The average molecular weight is 601 g/mol. The van der Waals surface area contributed by atoms with E-state index in [1.165, 1.54) is 83.7 Å². The molecule has 1 aromatic heterocycles. The highest BCUT2D eigenvalue weighted by Gasteiger charge is 2.58. The summed E-state index contributed by atoms with van der Waals surface area (Å²) < 4.78 is 0. The van der Waals surface area contributed by atoms with Gasteiger partial charge in [0.1, 0.15) is 5.82 Å². The Morgan fingerprint density at radius 2 is 1.26 bits per heavy atom. The lowest BCUT2D eigenvalue weighted by Gasteiger charge is -2.52. The second-order valence-electron chi connectivity index (χ2n) is 13.6. The lowest BCUT2D eigenvalue weighted by molar-refractivity contribution is 0.667. The van der Waals surface area contributed by atoms with Gasteiger partial charge in [-0.2, -0.15) is 0 Å². The molecular weight excluding hydrogens is 569 g/mol. The van der Waals surface area contributed by atoms with Crippen LogP contribution in [0.4, 0.5) is 17.2 Å². The molecule has 2 spiro atoms. The topological polar surface area (TPSA) is 16.1 Å². The van der Waals surface area contributed by atoms with Crippen molar-refractivity contribution in [3.63, 3.8) is 0 Å². The van der Waals surface area contributed by atoms with E-state index in [1.807, 2.05) is 6.20 Å². The fraction of sp³-hybridized carbons (Fsp3) is 0.133. The molecule has 3 aliphatic carbocycles. The molecule has 5 aromatic carbocycles. The van der Waals surface area contributed by atoms with Crippen molar-refractivity contribution in [3.05, 3.63) is 195 Å². The van der Waals surface area contributed by atoms with Gasteiger partial charge in [0.2, 0.25) is 0 Å². The van der Waals surface area contributed by atoms with Gasteiger partial charge in [-0.05, 0) is 98.2 Å². The highest BCUT2D eigenvalue weighted by atomic mass is 15.2. The fourth-order valence-corrected chi connectivity index (χ4v) is 10.1. The zero-order chi connectivity index (χ0) is 30.9. The molecule has 47 heavy (non-hydrogen) atoms. The second kappa shape index (κ2) is 8.86. The minimum Gasteiger partial charge on any atom is -0.294 e. The van der Waals surface area contributed by atoms with Crippen molar-refractivity contribution in [2.75, 3.05) is 4.90 Å². The Labute approximate surface area is 275 Å². The number of allylic oxidation sites excluding steroid dienone is 4. The van der Waals surface area contributed by atoms with E-state index < -0.39 is 5.41 Å². The van der Waals surface area contributed by atoms with Crippen molar-refractivity contribution in [1.82, 2.24) is 4.98 Å². The monoisotopic (exact) mass is 600 g/mol. The molecule has 0 bridgehead atoms. The van der Waals surface area contributed by atoms with Crippen molar-refractivity contribution < 1.29 is 0 Å². The van der Waals surface area contributed by atoms with E-state index in [0.29, 0.717) is 0 Å². The maximum atomic E-state index is 5.31. The number of anilines is 3. The Balaban J connectivity index is 1.37. The summed E-state index contributed by atoms with van der Waals surface area (Å²) in [5.74, 6) is 1.03. The summed E-state index contributed by atoms with van der Waals surface area (Å²) in [6.07, 6.45) is 9.84. The number of benzene rings is 5. The van der Waals surface area contributed by atoms with Crippen LogP contribution < -0.4 is 4.90 Å². The Hall–Kier alpha value is -5.47. The summed E-state index contributed by atoms with van der Waals surface area (Å²) in [5, 5.41) is 0. The first-order valence-electron chi connectivity index (χ1n) is 17.0. The summed E-state index contributed by atoms with van der Waals surface area (Å²) in [7, 11) is 0. The summed E-state index contributed by atoms with van der Waals surface area (Å²) in [6.45, 7) is 2.26. The predicted molar refractivity (Wildman–Crippen MR) is 191 cm³/mol. The fourth-order valence-electron chi connectivity index (χ4n) is 10.1.